The lowest BCUT2D eigenvalue weighted by Gasteiger charge is -2.14. The van der Waals surface area contributed by atoms with Crippen molar-refractivity contribution in [1.29, 1.82) is 0 Å². The van der Waals surface area contributed by atoms with Crippen LogP contribution in [0.5, 0.6) is 0 Å². The van der Waals surface area contributed by atoms with Gasteiger partial charge in [0.25, 0.3) is 11.5 Å². The molecule has 31 heavy (non-hydrogen) atoms. The van der Waals surface area contributed by atoms with Crippen LogP contribution < -0.4 is 10.9 Å². The minimum atomic E-state index is -4.73. The molecule has 0 saturated heterocycles. The van der Waals surface area contributed by atoms with E-state index in [2.05, 4.69) is 4.98 Å². The first-order chi connectivity index (χ1) is 14.6. The molecule has 7 nitrogen and oxygen atoms in total. The summed E-state index contributed by atoms with van der Waals surface area (Å²) in [4.78, 5) is 40.3. The predicted molar refractivity (Wildman–Crippen MR) is 107 cm³/mol. The number of carbonyl (C=O) groups is 2. The van der Waals surface area contributed by atoms with Gasteiger partial charge in [0.2, 0.25) is 0 Å². The zero-order valence-electron chi connectivity index (χ0n) is 15.8. The minimum Gasteiger partial charge on any atom is -0.456 e. The van der Waals surface area contributed by atoms with Crippen LogP contribution in [-0.4, -0.2) is 28.0 Å². The lowest BCUT2D eigenvalue weighted by atomic mass is 10.1. The van der Waals surface area contributed by atoms with Crippen LogP contribution >= 0.6 is 11.6 Å². The van der Waals surface area contributed by atoms with E-state index in [1.54, 1.807) is 24.3 Å². The molecule has 1 N–H and O–H groups in total. The second-order valence-electron chi connectivity index (χ2n) is 6.41. The Morgan fingerprint density at radius 2 is 1.90 bits per heavy atom. The third-order valence-electron chi connectivity index (χ3n) is 4.21. The molecule has 1 heterocycles. The molecule has 0 saturated carbocycles. The second kappa shape index (κ2) is 9.17. The molecule has 162 valence electrons. The average Bonchev–Trinajstić information content (AvgIpc) is 2.72. The normalized spacial score (nSPS) is 11.4. The Morgan fingerprint density at radius 3 is 2.65 bits per heavy atom. The van der Waals surface area contributed by atoms with Crippen molar-refractivity contribution in [1.82, 2.24) is 9.55 Å². The summed E-state index contributed by atoms with van der Waals surface area (Å²) in [6.07, 6.45) is -3.67. The van der Waals surface area contributed by atoms with Crippen molar-refractivity contribution in [3.8, 4) is 0 Å². The number of amides is 1. The summed E-state index contributed by atoms with van der Waals surface area (Å²) in [5.41, 5.74) is -1.45. The highest BCUT2D eigenvalue weighted by molar-refractivity contribution is 6.30. The first-order valence-corrected chi connectivity index (χ1v) is 9.29. The van der Waals surface area contributed by atoms with Gasteiger partial charge < -0.3 is 10.1 Å². The van der Waals surface area contributed by atoms with Crippen LogP contribution in [0.25, 0.3) is 10.9 Å². The summed E-state index contributed by atoms with van der Waals surface area (Å²) in [7, 11) is 0. The standard InChI is InChI=1S/C20H15ClF3N3O4/c21-12-5-6-16(14(9-12)20(22,23)24)26-17(28)10-31-18(29)7-8-27-11-25-15-4-2-1-3-13(15)19(27)30/h1-6,9,11H,7-8,10H2,(H,26,28). The molecule has 0 aliphatic rings. The van der Waals surface area contributed by atoms with Gasteiger partial charge in [-0.05, 0) is 30.3 Å². The number of hydrogen-bond donors (Lipinski definition) is 1. The summed E-state index contributed by atoms with van der Waals surface area (Å²) in [6, 6.07) is 9.58. The third-order valence-corrected chi connectivity index (χ3v) is 4.45. The number of fused-ring (bicyclic) bond motifs is 1. The van der Waals surface area contributed by atoms with Crippen molar-refractivity contribution in [2.45, 2.75) is 19.1 Å². The van der Waals surface area contributed by atoms with Crippen molar-refractivity contribution >= 4 is 40.1 Å². The van der Waals surface area contributed by atoms with E-state index in [1.807, 2.05) is 5.32 Å². The molecular formula is C20H15ClF3N3O4. The van der Waals surface area contributed by atoms with Crippen LogP contribution in [0, 0.1) is 0 Å². The number of hydrogen-bond acceptors (Lipinski definition) is 5. The number of benzene rings is 2. The van der Waals surface area contributed by atoms with E-state index < -0.39 is 35.9 Å². The Kier molecular flexibility index (Phi) is 6.59. The number of alkyl halides is 3. The maximum Gasteiger partial charge on any atom is 0.418 e. The second-order valence-corrected chi connectivity index (χ2v) is 6.84. The molecule has 3 aromatic rings. The van der Waals surface area contributed by atoms with E-state index in [0.29, 0.717) is 17.0 Å². The van der Waals surface area contributed by atoms with Crippen molar-refractivity contribution in [3.05, 3.63) is 69.7 Å². The SMILES string of the molecule is O=C(COC(=O)CCn1cnc2ccccc2c1=O)Nc1ccc(Cl)cc1C(F)(F)F. The fourth-order valence-electron chi connectivity index (χ4n) is 2.74. The molecule has 0 atom stereocenters. The van der Waals surface area contributed by atoms with Gasteiger partial charge in [-0.3, -0.25) is 19.0 Å². The summed E-state index contributed by atoms with van der Waals surface area (Å²) in [5, 5.41) is 2.29. The van der Waals surface area contributed by atoms with Gasteiger partial charge in [-0.2, -0.15) is 13.2 Å². The predicted octanol–water partition coefficient (Wildman–Crippen LogP) is 3.64. The van der Waals surface area contributed by atoms with E-state index in [-0.39, 0.29) is 23.5 Å². The van der Waals surface area contributed by atoms with Gasteiger partial charge in [0.15, 0.2) is 6.61 Å². The number of carbonyl (C=O) groups excluding carboxylic acids is 2. The van der Waals surface area contributed by atoms with Crippen LogP contribution in [0.2, 0.25) is 5.02 Å². The third kappa shape index (κ3) is 5.60. The fraction of sp³-hybridized carbons (Fsp3) is 0.200. The van der Waals surface area contributed by atoms with Crippen LogP contribution in [0.15, 0.2) is 53.6 Å². The van der Waals surface area contributed by atoms with E-state index in [4.69, 9.17) is 16.3 Å². The Balaban J connectivity index is 1.55. The lowest BCUT2D eigenvalue weighted by molar-refractivity contribution is -0.147. The average molecular weight is 454 g/mol. The molecule has 3 rings (SSSR count). The first kappa shape index (κ1) is 22.3. The van der Waals surface area contributed by atoms with Gasteiger partial charge in [0.1, 0.15) is 0 Å². The molecule has 0 fully saturated rings. The molecule has 1 amide bonds. The molecule has 2 aromatic carbocycles. The summed E-state index contributed by atoms with van der Waals surface area (Å²) >= 11 is 5.58. The number of para-hydroxylation sites is 1. The summed E-state index contributed by atoms with van der Waals surface area (Å²) < 4.78 is 45.2. The highest BCUT2D eigenvalue weighted by Gasteiger charge is 2.34. The number of nitrogens with one attached hydrogen (secondary N) is 1. The zero-order valence-corrected chi connectivity index (χ0v) is 16.5. The molecule has 0 bridgehead atoms. The first-order valence-electron chi connectivity index (χ1n) is 8.91. The van der Waals surface area contributed by atoms with Crippen molar-refractivity contribution in [2.24, 2.45) is 0 Å². The highest BCUT2D eigenvalue weighted by Crippen LogP contribution is 2.36. The zero-order chi connectivity index (χ0) is 22.6. The van der Waals surface area contributed by atoms with Gasteiger partial charge >= 0.3 is 12.1 Å². The minimum absolute atomic E-state index is 0.0352. The van der Waals surface area contributed by atoms with Gasteiger partial charge in [0.05, 0.1) is 34.9 Å². The molecule has 0 radical (unpaired) electrons. The molecule has 0 aliphatic carbocycles. The number of nitrogens with zero attached hydrogens (tertiary/aromatic N) is 2. The molecule has 11 heteroatoms. The number of anilines is 1. The van der Waals surface area contributed by atoms with Crippen LogP contribution in [0.3, 0.4) is 0 Å². The number of esters is 1. The Labute approximate surface area is 178 Å². The Bertz CT molecular complexity index is 1190. The maximum absolute atomic E-state index is 13.1. The van der Waals surface area contributed by atoms with Crippen molar-refractivity contribution in [2.75, 3.05) is 11.9 Å². The van der Waals surface area contributed by atoms with Crippen molar-refractivity contribution < 1.29 is 27.5 Å². The van der Waals surface area contributed by atoms with Gasteiger partial charge in [-0.15, -0.1) is 0 Å². The van der Waals surface area contributed by atoms with E-state index in [1.165, 1.54) is 17.0 Å². The summed E-state index contributed by atoms with van der Waals surface area (Å²) in [5.74, 6) is -1.76. The molecular weight excluding hydrogens is 439 g/mol. The molecule has 0 aliphatic heterocycles. The van der Waals surface area contributed by atoms with Crippen molar-refractivity contribution in [3.63, 3.8) is 0 Å². The highest BCUT2D eigenvalue weighted by atomic mass is 35.5. The smallest absolute Gasteiger partial charge is 0.418 e. The van der Waals surface area contributed by atoms with Gasteiger partial charge in [0, 0.05) is 11.6 Å². The van der Waals surface area contributed by atoms with Crippen LogP contribution in [0.1, 0.15) is 12.0 Å². The number of aryl methyl sites for hydroxylation is 1. The summed E-state index contributed by atoms with van der Waals surface area (Å²) in [6.45, 7) is -0.823. The van der Waals surface area contributed by atoms with Gasteiger partial charge in [-0.1, -0.05) is 23.7 Å². The number of rotatable bonds is 6. The number of halogens is 4. The maximum atomic E-state index is 13.1. The monoisotopic (exact) mass is 453 g/mol. The molecule has 0 spiro atoms. The Hall–Kier alpha value is -3.40. The van der Waals surface area contributed by atoms with E-state index in [9.17, 15) is 27.6 Å². The number of aromatic nitrogens is 2. The van der Waals surface area contributed by atoms with E-state index >= 15 is 0 Å². The van der Waals surface area contributed by atoms with Gasteiger partial charge in [-0.25, -0.2) is 4.98 Å². The lowest BCUT2D eigenvalue weighted by Crippen LogP contribution is -2.25. The largest absolute Gasteiger partial charge is 0.456 e. The topological polar surface area (TPSA) is 90.3 Å². The number of ether oxygens (including phenoxy) is 1. The molecule has 0 unspecified atom stereocenters. The van der Waals surface area contributed by atoms with E-state index in [0.717, 1.165) is 6.07 Å². The molecule has 1 aromatic heterocycles. The van der Waals surface area contributed by atoms with Crippen LogP contribution in [0.4, 0.5) is 18.9 Å². The quantitative estimate of drug-likeness (QED) is 0.575. The van der Waals surface area contributed by atoms with Crippen LogP contribution in [-0.2, 0) is 27.0 Å². The Morgan fingerprint density at radius 1 is 1.16 bits per heavy atom. The fourth-order valence-corrected chi connectivity index (χ4v) is 2.91.